The van der Waals surface area contributed by atoms with Crippen molar-refractivity contribution in [2.24, 2.45) is 0 Å². The van der Waals surface area contributed by atoms with Gasteiger partial charge in [-0.3, -0.25) is 19.5 Å². The molecule has 0 unspecified atom stereocenters. The van der Waals surface area contributed by atoms with E-state index in [1.165, 1.54) is 0 Å². The van der Waals surface area contributed by atoms with Crippen LogP contribution in [-0.4, -0.2) is 34.3 Å². The molecule has 9 aromatic rings. The van der Waals surface area contributed by atoms with E-state index < -0.39 is 0 Å². The maximum absolute atomic E-state index is 4.94. The molecule has 0 fully saturated rings. The highest BCUT2D eigenvalue weighted by Gasteiger charge is 2.23. The van der Waals surface area contributed by atoms with Crippen molar-refractivity contribution in [1.29, 1.82) is 0 Å². The van der Waals surface area contributed by atoms with Gasteiger partial charge in [0.25, 0.3) is 0 Å². The first-order chi connectivity index (χ1) is 21.8. The van der Waals surface area contributed by atoms with E-state index in [0.29, 0.717) is 0 Å². The number of para-hydroxylation sites is 2. The quantitative estimate of drug-likeness (QED) is 0.215. The molecule has 0 radical (unpaired) electrons. The van der Waals surface area contributed by atoms with E-state index in [9.17, 15) is 0 Å². The normalized spacial score (nSPS) is 11.6. The summed E-state index contributed by atoms with van der Waals surface area (Å²) in [5.41, 5.74) is 10.9. The highest BCUT2D eigenvalue weighted by atomic mass is 15.2. The Morgan fingerprint density at radius 3 is 1.70 bits per heavy atom. The number of nitrogens with zero attached hydrogens (tertiary/aromatic N) is 7. The van der Waals surface area contributed by atoms with Gasteiger partial charge in [0, 0.05) is 58.6 Å². The molecule has 9 rings (SSSR count). The largest absolute Gasteiger partial charge is 0.305 e. The van der Waals surface area contributed by atoms with Crippen LogP contribution in [0.3, 0.4) is 0 Å². The Morgan fingerprint density at radius 2 is 1.07 bits per heavy atom. The highest BCUT2D eigenvalue weighted by Crippen LogP contribution is 2.40. The molecule has 206 valence electrons. The van der Waals surface area contributed by atoms with Crippen molar-refractivity contribution in [3.05, 3.63) is 140 Å². The predicted molar refractivity (Wildman–Crippen MR) is 175 cm³/mol. The lowest BCUT2D eigenvalue weighted by molar-refractivity contribution is 1.05. The number of pyridine rings is 3. The first-order valence-electron chi connectivity index (χ1n) is 14.4. The van der Waals surface area contributed by atoms with Crippen molar-refractivity contribution in [2.75, 3.05) is 0 Å². The molecule has 6 aromatic heterocycles. The van der Waals surface area contributed by atoms with Gasteiger partial charge < -0.3 is 4.57 Å². The smallest absolute Gasteiger partial charge is 0.170 e. The number of hydrogen-bond acceptors (Lipinski definition) is 5. The molecule has 3 aromatic carbocycles. The lowest BCUT2D eigenvalue weighted by Crippen LogP contribution is -1.99. The minimum atomic E-state index is 0.784. The zero-order valence-corrected chi connectivity index (χ0v) is 23.4. The second-order valence-corrected chi connectivity index (χ2v) is 10.8. The summed E-state index contributed by atoms with van der Waals surface area (Å²) in [7, 11) is 0. The maximum Gasteiger partial charge on any atom is 0.170 e. The molecule has 0 saturated carbocycles. The van der Waals surface area contributed by atoms with E-state index in [0.717, 1.165) is 77.5 Å². The zero-order valence-electron chi connectivity index (χ0n) is 23.4. The minimum Gasteiger partial charge on any atom is -0.305 e. The van der Waals surface area contributed by atoms with Gasteiger partial charge in [-0.05, 0) is 65.7 Å². The number of benzene rings is 3. The molecule has 7 heteroatoms. The highest BCUT2D eigenvalue weighted by molar-refractivity contribution is 6.23. The topological polar surface area (TPSA) is 74.3 Å². The monoisotopic (exact) mass is 565 g/mol. The van der Waals surface area contributed by atoms with E-state index in [4.69, 9.17) is 10.2 Å². The molecule has 0 aliphatic heterocycles. The van der Waals surface area contributed by atoms with Crippen molar-refractivity contribution in [2.45, 2.75) is 0 Å². The summed E-state index contributed by atoms with van der Waals surface area (Å²) in [5.74, 6) is 0. The van der Waals surface area contributed by atoms with Crippen molar-refractivity contribution in [1.82, 2.24) is 34.3 Å². The minimum absolute atomic E-state index is 0.784. The molecule has 0 saturated heterocycles. The van der Waals surface area contributed by atoms with Gasteiger partial charge in [-0.1, -0.05) is 48.5 Å². The first-order valence-corrected chi connectivity index (χ1v) is 14.4. The Labute approximate surface area is 251 Å². The van der Waals surface area contributed by atoms with Gasteiger partial charge in [0.1, 0.15) is 5.52 Å². The second-order valence-electron chi connectivity index (χ2n) is 10.8. The van der Waals surface area contributed by atoms with E-state index in [1.807, 2.05) is 36.8 Å². The summed E-state index contributed by atoms with van der Waals surface area (Å²) in [4.78, 5) is 13.3. The lowest BCUT2D eigenvalue weighted by Gasteiger charge is -2.13. The lowest BCUT2D eigenvalue weighted by atomic mass is 9.99. The molecule has 44 heavy (non-hydrogen) atoms. The van der Waals surface area contributed by atoms with Crippen molar-refractivity contribution < 1.29 is 0 Å². The summed E-state index contributed by atoms with van der Waals surface area (Å²) >= 11 is 0. The average Bonchev–Trinajstić information content (AvgIpc) is 3.62. The molecule has 0 bridgehead atoms. The Kier molecular flexibility index (Phi) is 5.36. The zero-order chi connectivity index (χ0) is 29.0. The van der Waals surface area contributed by atoms with Crippen LogP contribution in [0.5, 0.6) is 0 Å². The Bertz CT molecular complexity index is 2420. The molecular formula is C37H23N7. The van der Waals surface area contributed by atoms with Crippen molar-refractivity contribution >= 4 is 43.9 Å². The predicted octanol–water partition coefficient (Wildman–Crippen LogP) is 8.19. The molecular weight excluding hydrogens is 542 g/mol. The fourth-order valence-corrected chi connectivity index (χ4v) is 6.36. The van der Waals surface area contributed by atoms with Crippen LogP contribution in [0.15, 0.2) is 140 Å². The third-order valence-electron chi connectivity index (χ3n) is 8.25. The van der Waals surface area contributed by atoms with Gasteiger partial charge in [-0.15, -0.1) is 10.2 Å². The van der Waals surface area contributed by atoms with Crippen LogP contribution in [0.25, 0.3) is 77.5 Å². The van der Waals surface area contributed by atoms with E-state index in [2.05, 4.69) is 109 Å². The third kappa shape index (κ3) is 3.66. The van der Waals surface area contributed by atoms with Gasteiger partial charge in [-0.2, -0.15) is 0 Å². The Balaban J connectivity index is 1.43. The van der Waals surface area contributed by atoms with Crippen LogP contribution in [0.2, 0.25) is 0 Å². The summed E-state index contributed by atoms with van der Waals surface area (Å²) in [6, 6.07) is 35.6. The van der Waals surface area contributed by atoms with Gasteiger partial charge in [0.05, 0.1) is 33.8 Å². The standard InChI is InChI=1S/C37H23N7/c1-3-13-32-30(11-1)34-36-35(31-12-2-4-14-33(31)43(36)28-10-7-17-40-23-28)41-42-37(34)44(32)29-19-26(24-8-5-15-38-21-24)18-27(20-29)25-9-6-16-39-22-25/h1-23H. The maximum atomic E-state index is 4.94. The summed E-state index contributed by atoms with van der Waals surface area (Å²) < 4.78 is 4.49. The Hall–Kier alpha value is -6.21. The van der Waals surface area contributed by atoms with Crippen LogP contribution in [-0.2, 0) is 0 Å². The van der Waals surface area contributed by atoms with E-state index in [-0.39, 0.29) is 0 Å². The number of rotatable bonds is 4. The molecule has 0 aliphatic carbocycles. The SMILES string of the molecule is c1cncc(-c2cc(-c3cccnc3)cc(-n3c4ccccc4c4c3nnc3c5ccccc5n(-c5cccnc5)c34)c2)c1. The van der Waals surface area contributed by atoms with Gasteiger partial charge >= 0.3 is 0 Å². The second kappa shape index (κ2) is 9.68. The van der Waals surface area contributed by atoms with Crippen LogP contribution < -0.4 is 0 Å². The van der Waals surface area contributed by atoms with E-state index in [1.54, 1.807) is 18.6 Å². The number of hydrogen-bond donors (Lipinski definition) is 0. The van der Waals surface area contributed by atoms with Gasteiger partial charge in [0.2, 0.25) is 0 Å². The van der Waals surface area contributed by atoms with Crippen LogP contribution >= 0.6 is 0 Å². The first kappa shape index (κ1) is 24.4. The van der Waals surface area contributed by atoms with Crippen molar-refractivity contribution in [3.63, 3.8) is 0 Å². The molecule has 0 amide bonds. The van der Waals surface area contributed by atoms with Gasteiger partial charge in [0.15, 0.2) is 5.65 Å². The Morgan fingerprint density at radius 1 is 0.455 bits per heavy atom. The molecule has 0 spiro atoms. The number of aromatic nitrogens is 7. The molecule has 0 N–H and O–H groups in total. The summed E-state index contributed by atoms with van der Waals surface area (Å²) in [6.07, 6.45) is 11.1. The number of fused-ring (bicyclic) bond motifs is 7. The fraction of sp³-hybridized carbons (Fsp3) is 0. The fourth-order valence-electron chi connectivity index (χ4n) is 6.36. The summed E-state index contributed by atoms with van der Waals surface area (Å²) in [6.45, 7) is 0. The van der Waals surface area contributed by atoms with Gasteiger partial charge in [-0.25, -0.2) is 0 Å². The van der Waals surface area contributed by atoms with Crippen LogP contribution in [0.4, 0.5) is 0 Å². The van der Waals surface area contributed by atoms with Crippen molar-refractivity contribution in [3.8, 4) is 33.6 Å². The average molecular weight is 566 g/mol. The molecule has 0 atom stereocenters. The molecule has 0 aliphatic rings. The molecule has 7 nitrogen and oxygen atoms in total. The van der Waals surface area contributed by atoms with Crippen LogP contribution in [0.1, 0.15) is 0 Å². The molecule has 6 heterocycles. The van der Waals surface area contributed by atoms with Crippen LogP contribution in [0, 0.1) is 0 Å². The summed E-state index contributed by atoms with van der Waals surface area (Å²) in [5, 5.41) is 13.0. The van der Waals surface area contributed by atoms with E-state index >= 15 is 0 Å². The third-order valence-corrected chi connectivity index (χ3v) is 8.25.